The third kappa shape index (κ3) is 3.84. The number of nitrogens with zero attached hydrogens (tertiary/aromatic N) is 2. The molecular weight excluding hydrogens is 315 g/mol. The van der Waals surface area contributed by atoms with Crippen molar-refractivity contribution in [3.05, 3.63) is 47.5 Å². The molecule has 2 aromatic rings. The lowest BCUT2D eigenvalue weighted by atomic mass is 9.82. The van der Waals surface area contributed by atoms with E-state index in [1.54, 1.807) is 12.1 Å². The normalized spacial score (nSPS) is 16.9. The summed E-state index contributed by atoms with van der Waals surface area (Å²) >= 11 is 0. The fourth-order valence-electron chi connectivity index (χ4n) is 3.61. The first-order valence-electron chi connectivity index (χ1n) is 9.01. The molecule has 1 saturated heterocycles. The summed E-state index contributed by atoms with van der Waals surface area (Å²) in [5, 5.41) is 9.55. The highest BCUT2D eigenvalue weighted by molar-refractivity contribution is 5.81. The monoisotopic (exact) mass is 342 g/mol. The van der Waals surface area contributed by atoms with Crippen LogP contribution >= 0.6 is 0 Å². The number of halogens is 1. The summed E-state index contributed by atoms with van der Waals surface area (Å²) in [6.07, 6.45) is 4.66. The molecule has 1 N–H and O–H groups in total. The van der Waals surface area contributed by atoms with Crippen molar-refractivity contribution < 1.29 is 9.50 Å². The van der Waals surface area contributed by atoms with Crippen LogP contribution in [0.2, 0.25) is 0 Å². The van der Waals surface area contributed by atoms with E-state index in [-0.39, 0.29) is 12.4 Å². The van der Waals surface area contributed by atoms with Crippen molar-refractivity contribution >= 4 is 5.69 Å². The molecule has 0 radical (unpaired) electrons. The van der Waals surface area contributed by atoms with Gasteiger partial charge in [-0.25, -0.2) is 4.39 Å². The number of pyridine rings is 1. The Balaban J connectivity index is 2.11. The Morgan fingerprint density at radius 2 is 1.96 bits per heavy atom. The predicted octanol–water partition coefficient (Wildman–Crippen LogP) is 4.36. The van der Waals surface area contributed by atoms with Crippen molar-refractivity contribution in [3.63, 3.8) is 0 Å². The first-order valence-corrected chi connectivity index (χ1v) is 9.01. The van der Waals surface area contributed by atoms with Crippen LogP contribution in [0, 0.1) is 18.2 Å². The van der Waals surface area contributed by atoms with Gasteiger partial charge in [-0.2, -0.15) is 0 Å². The van der Waals surface area contributed by atoms with E-state index in [2.05, 4.69) is 23.7 Å². The van der Waals surface area contributed by atoms with Crippen LogP contribution in [0.1, 0.15) is 37.9 Å². The van der Waals surface area contributed by atoms with E-state index < -0.39 is 0 Å². The molecule has 134 valence electrons. The van der Waals surface area contributed by atoms with Crippen molar-refractivity contribution in [2.24, 2.45) is 5.41 Å². The fourth-order valence-corrected chi connectivity index (χ4v) is 3.61. The van der Waals surface area contributed by atoms with Gasteiger partial charge in [0.05, 0.1) is 5.69 Å². The second-order valence-corrected chi connectivity index (χ2v) is 7.72. The van der Waals surface area contributed by atoms with Gasteiger partial charge in [-0.3, -0.25) is 4.98 Å². The summed E-state index contributed by atoms with van der Waals surface area (Å²) in [6, 6.07) is 6.68. The number of aryl methyl sites for hydroxylation is 1. The third-order valence-corrected chi connectivity index (χ3v) is 5.30. The number of aromatic nitrogens is 1. The van der Waals surface area contributed by atoms with Gasteiger partial charge in [0, 0.05) is 37.2 Å². The number of benzene rings is 1. The first-order chi connectivity index (χ1) is 11.9. The number of hydrogen-bond acceptors (Lipinski definition) is 3. The van der Waals surface area contributed by atoms with E-state index in [0.29, 0.717) is 11.8 Å². The Morgan fingerprint density at radius 3 is 2.60 bits per heavy atom. The molecule has 0 unspecified atom stereocenters. The SMILES string of the molecule is Cc1ncc(-c2cccc(F)c2)c(N2CCC(C)(C)CC2)c1CCO. The molecule has 1 fully saturated rings. The van der Waals surface area contributed by atoms with Gasteiger partial charge in [-0.1, -0.05) is 26.0 Å². The van der Waals surface area contributed by atoms with Gasteiger partial charge in [0.2, 0.25) is 0 Å². The van der Waals surface area contributed by atoms with Crippen LogP contribution in [0.5, 0.6) is 0 Å². The van der Waals surface area contributed by atoms with E-state index >= 15 is 0 Å². The number of anilines is 1. The maximum absolute atomic E-state index is 13.8. The van der Waals surface area contributed by atoms with Gasteiger partial charge >= 0.3 is 0 Å². The average molecular weight is 342 g/mol. The summed E-state index contributed by atoms with van der Waals surface area (Å²) < 4.78 is 13.8. The molecule has 1 aliphatic heterocycles. The van der Waals surface area contributed by atoms with Crippen LogP contribution in [0.4, 0.5) is 10.1 Å². The molecule has 25 heavy (non-hydrogen) atoms. The predicted molar refractivity (Wildman–Crippen MR) is 100 cm³/mol. The molecular formula is C21H27FN2O. The Kier molecular flexibility index (Phi) is 5.09. The first kappa shape index (κ1) is 17.9. The molecule has 1 aromatic heterocycles. The minimum absolute atomic E-state index is 0.0848. The molecule has 0 aliphatic carbocycles. The van der Waals surface area contributed by atoms with Crippen LogP contribution in [0.15, 0.2) is 30.5 Å². The summed E-state index contributed by atoms with van der Waals surface area (Å²) in [4.78, 5) is 6.92. The smallest absolute Gasteiger partial charge is 0.123 e. The molecule has 0 spiro atoms. The summed E-state index contributed by atoms with van der Waals surface area (Å²) in [6.45, 7) is 8.63. The number of hydrogen-bond donors (Lipinski definition) is 1. The molecule has 0 amide bonds. The zero-order valence-electron chi connectivity index (χ0n) is 15.3. The lowest BCUT2D eigenvalue weighted by Crippen LogP contribution is -2.38. The summed E-state index contributed by atoms with van der Waals surface area (Å²) in [5.41, 5.74) is 5.27. The lowest BCUT2D eigenvalue weighted by Gasteiger charge is -2.40. The largest absolute Gasteiger partial charge is 0.396 e. The van der Waals surface area contributed by atoms with E-state index in [4.69, 9.17) is 0 Å². The van der Waals surface area contributed by atoms with E-state index in [9.17, 15) is 9.50 Å². The van der Waals surface area contributed by atoms with E-state index in [1.807, 2.05) is 19.2 Å². The van der Waals surface area contributed by atoms with Crippen molar-refractivity contribution in [2.75, 3.05) is 24.6 Å². The Bertz CT molecular complexity index is 748. The zero-order chi connectivity index (χ0) is 18.0. The van der Waals surface area contributed by atoms with Gasteiger partial charge in [-0.15, -0.1) is 0 Å². The maximum atomic E-state index is 13.8. The van der Waals surface area contributed by atoms with Gasteiger partial charge in [0.15, 0.2) is 0 Å². The molecule has 0 saturated carbocycles. The van der Waals surface area contributed by atoms with Crippen LogP contribution in [0.25, 0.3) is 11.1 Å². The minimum Gasteiger partial charge on any atom is -0.396 e. The van der Waals surface area contributed by atoms with Crippen LogP contribution in [-0.4, -0.2) is 29.8 Å². The highest BCUT2D eigenvalue weighted by atomic mass is 19.1. The molecule has 1 aliphatic rings. The zero-order valence-corrected chi connectivity index (χ0v) is 15.3. The van der Waals surface area contributed by atoms with Crippen LogP contribution in [-0.2, 0) is 6.42 Å². The third-order valence-electron chi connectivity index (χ3n) is 5.30. The average Bonchev–Trinajstić information content (AvgIpc) is 2.57. The molecule has 0 bridgehead atoms. The number of piperidine rings is 1. The Labute approximate surface area is 149 Å². The Hall–Kier alpha value is -1.94. The van der Waals surface area contributed by atoms with Crippen LogP contribution < -0.4 is 4.90 Å². The van der Waals surface area contributed by atoms with Crippen molar-refractivity contribution in [2.45, 2.75) is 40.0 Å². The second kappa shape index (κ2) is 7.12. The van der Waals surface area contributed by atoms with Crippen molar-refractivity contribution in [3.8, 4) is 11.1 Å². The van der Waals surface area contributed by atoms with Gasteiger partial charge < -0.3 is 10.0 Å². The second-order valence-electron chi connectivity index (χ2n) is 7.72. The standard InChI is InChI=1S/C21H27FN2O/c1-15-18(7-12-25)20(24-10-8-21(2,3)9-11-24)19(14-23-15)16-5-4-6-17(22)13-16/h4-6,13-14,25H,7-12H2,1-3H3. The fraction of sp³-hybridized carbons (Fsp3) is 0.476. The van der Waals surface area contributed by atoms with Crippen LogP contribution in [0.3, 0.4) is 0 Å². The molecule has 3 nitrogen and oxygen atoms in total. The maximum Gasteiger partial charge on any atom is 0.123 e. The molecule has 1 aromatic carbocycles. The molecule has 4 heteroatoms. The van der Waals surface area contributed by atoms with Gasteiger partial charge in [-0.05, 0) is 54.9 Å². The Morgan fingerprint density at radius 1 is 1.24 bits per heavy atom. The van der Waals surface area contributed by atoms with Gasteiger partial charge in [0.1, 0.15) is 5.82 Å². The van der Waals surface area contributed by atoms with E-state index in [1.165, 1.54) is 6.07 Å². The number of aliphatic hydroxyl groups is 1. The quantitative estimate of drug-likeness (QED) is 0.897. The molecule has 3 rings (SSSR count). The van der Waals surface area contributed by atoms with Gasteiger partial charge in [0.25, 0.3) is 0 Å². The van der Waals surface area contributed by atoms with Crippen molar-refractivity contribution in [1.82, 2.24) is 4.98 Å². The lowest BCUT2D eigenvalue weighted by molar-refractivity contribution is 0.278. The molecule has 2 heterocycles. The van der Waals surface area contributed by atoms with Crippen molar-refractivity contribution in [1.29, 1.82) is 0 Å². The summed E-state index contributed by atoms with van der Waals surface area (Å²) in [5.74, 6) is -0.243. The molecule has 0 atom stereocenters. The minimum atomic E-state index is -0.243. The topological polar surface area (TPSA) is 36.4 Å². The highest BCUT2D eigenvalue weighted by Crippen LogP contribution is 2.39. The number of aliphatic hydroxyl groups excluding tert-OH is 1. The summed E-state index contributed by atoms with van der Waals surface area (Å²) in [7, 11) is 0. The van der Waals surface area contributed by atoms with E-state index in [0.717, 1.165) is 54.0 Å². The number of rotatable bonds is 4. The highest BCUT2D eigenvalue weighted by Gasteiger charge is 2.28.